The predicted molar refractivity (Wildman–Crippen MR) is 61.8 cm³/mol. The van der Waals surface area contributed by atoms with Crippen molar-refractivity contribution < 1.29 is 14.3 Å². The van der Waals surface area contributed by atoms with Crippen LogP contribution in [-0.4, -0.2) is 41.1 Å². The van der Waals surface area contributed by atoms with E-state index in [0.29, 0.717) is 17.5 Å². The van der Waals surface area contributed by atoms with Gasteiger partial charge in [0.2, 0.25) is 0 Å². The second-order valence-electron chi connectivity index (χ2n) is 4.75. The molecule has 0 atom stereocenters. The number of carbonyl (C=O) groups is 1. The zero-order chi connectivity index (χ0) is 12.3. The molecule has 1 aromatic rings. The maximum Gasteiger partial charge on any atom is 0.309 e. The summed E-state index contributed by atoms with van der Waals surface area (Å²) in [4.78, 5) is 17.0. The lowest BCUT2D eigenvalue weighted by atomic mass is 9.94. The number of hydrogen-bond acceptors (Lipinski definition) is 4. The van der Waals surface area contributed by atoms with Crippen LogP contribution >= 0.6 is 0 Å². The van der Waals surface area contributed by atoms with E-state index in [4.69, 9.17) is 9.52 Å². The monoisotopic (exact) mass is 238 g/mol. The van der Waals surface area contributed by atoms with Gasteiger partial charge < -0.3 is 14.4 Å². The van der Waals surface area contributed by atoms with Gasteiger partial charge in [0.1, 0.15) is 6.26 Å². The van der Waals surface area contributed by atoms with Gasteiger partial charge in [-0.15, -0.1) is 0 Å². The molecular weight excluding hydrogens is 220 g/mol. The molecular formula is C12H18N2O3. The van der Waals surface area contributed by atoms with Crippen LogP contribution in [-0.2, 0) is 17.6 Å². The fourth-order valence-electron chi connectivity index (χ4n) is 2.19. The molecule has 1 aliphatic heterocycles. The molecule has 0 amide bonds. The molecule has 0 spiro atoms. The van der Waals surface area contributed by atoms with Gasteiger partial charge in [-0.25, -0.2) is 4.98 Å². The molecule has 2 rings (SSSR count). The first kappa shape index (κ1) is 12.1. The van der Waals surface area contributed by atoms with Gasteiger partial charge in [-0.05, 0) is 38.9 Å². The van der Waals surface area contributed by atoms with Crippen LogP contribution in [0.1, 0.15) is 24.4 Å². The third-order valence-electron chi connectivity index (χ3n) is 3.23. The molecule has 5 nitrogen and oxygen atoms in total. The highest BCUT2D eigenvalue weighted by Gasteiger charge is 2.19. The summed E-state index contributed by atoms with van der Waals surface area (Å²) in [7, 11) is 2.13. The van der Waals surface area contributed by atoms with Crippen molar-refractivity contribution in [2.24, 2.45) is 5.92 Å². The second-order valence-corrected chi connectivity index (χ2v) is 4.75. The summed E-state index contributed by atoms with van der Waals surface area (Å²) in [5.41, 5.74) is 0.514. The molecule has 1 N–H and O–H groups in total. The summed E-state index contributed by atoms with van der Waals surface area (Å²) in [5, 5.41) is 8.64. The van der Waals surface area contributed by atoms with E-state index in [1.165, 1.54) is 6.26 Å². The van der Waals surface area contributed by atoms with E-state index in [0.717, 1.165) is 32.4 Å². The van der Waals surface area contributed by atoms with Crippen LogP contribution in [0.25, 0.3) is 0 Å². The Morgan fingerprint density at radius 1 is 1.59 bits per heavy atom. The van der Waals surface area contributed by atoms with E-state index in [-0.39, 0.29) is 6.42 Å². The van der Waals surface area contributed by atoms with E-state index in [1.807, 2.05) is 0 Å². The van der Waals surface area contributed by atoms with Gasteiger partial charge in [0, 0.05) is 6.42 Å². The van der Waals surface area contributed by atoms with E-state index in [2.05, 4.69) is 16.9 Å². The second kappa shape index (κ2) is 5.31. The van der Waals surface area contributed by atoms with Gasteiger partial charge in [-0.3, -0.25) is 4.79 Å². The Hall–Kier alpha value is -1.36. The number of likely N-dealkylation sites (tertiary alicyclic amines) is 1. The number of carboxylic acids is 1. The van der Waals surface area contributed by atoms with Crippen molar-refractivity contribution in [3.63, 3.8) is 0 Å². The Morgan fingerprint density at radius 2 is 2.29 bits per heavy atom. The Kier molecular flexibility index (Phi) is 3.78. The molecule has 1 aromatic heterocycles. The highest BCUT2D eigenvalue weighted by molar-refractivity contribution is 5.69. The average Bonchev–Trinajstić information content (AvgIpc) is 2.68. The maximum atomic E-state index is 10.5. The Balaban J connectivity index is 1.86. The number of aromatic nitrogens is 1. The molecule has 0 unspecified atom stereocenters. The number of rotatable bonds is 4. The highest BCUT2D eigenvalue weighted by atomic mass is 16.4. The molecule has 1 saturated heterocycles. The third kappa shape index (κ3) is 3.56. The minimum atomic E-state index is -0.871. The first-order valence-corrected chi connectivity index (χ1v) is 5.97. The standard InChI is InChI=1S/C12H18N2O3/c1-14-4-2-9(3-5-14)6-11-13-10(8-17-11)7-12(15)16/h8-9H,2-7H2,1H3,(H,15,16). The molecule has 0 radical (unpaired) electrons. The van der Waals surface area contributed by atoms with Gasteiger partial charge in [-0.1, -0.05) is 0 Å². The average molecular weight is 238 g/mol. The van der Waals surface area contributed by atoms with Crippen LogP contribution in [0.15, 0.2) is 10.7 Å². The fraction of sp³-hybridized carbons (Fsp3) is 0.667. The zero-order valence-electron chi connectivity index (χ0n) is 10.1. The van der Waals surface area contributed by atoms with Crippen molar-refractivity contribution in [2.75, 3.05) is 20.1 Å². The molecule has 0 bridgehead atoms. The topological polar surface area (TPSA) is 66.6 Å². The van der Waals surface area contributed by atoms with Crippen LogP contribution in [0.3, 0.4) is 0 Å². The maximum absolute atomic E-state index is 10.5. The number of nitrogens with zero attached hydrogens (tertiary/aromatic N) is 2. The van der Waals surface area contributed by atoms with Crippen molar-refractivity contribution in [3.05, 3.63) is 17.8 Å². The van der Waals surface area contributed by atoms with Crippen molar-refractivity contribution >= 4 is 5.97 Å². The van der Waals surface area contributed by atoms with Crippen LogP contribution in [0.5, 0.6) is 0 Å². The number of carboxylic acid groups (broad SMARTS) is 1. The smallest absolute Gasteiger partial charge is 0.309 e. The summed E-state index contributed by atoms with van der Waals surface area (Å²) >= 11 is 0. The zero-order valence-corrected chi connectivity index (χ0v) is 10.1. The highest BCUT2D eigenvalue weighted by Crippen LogP contribution is 2.20. The Morgan fingerprint density at radius 3 is 2.94 bits per heavy atom. The minimum Gasteiger partial charge on any atom is -0.481 e. The summed E-state index contributed by atoms with van der Waals surface area (Å²) in [6.45, 7) is 2.24. The molecule has 0 aromatic carbocycles. The predicted octanol–water partition coefficient (Wildman–Crippen LogP) is 1.19. The summed E-state index contributed by atoms with van der Waals surface area (Å²) in [5.74, 6) is 0.419. The van der Waals surface area contributed by atoms with E-state index in [1.54, 1.807) is 0 Å². The van der Waals surface area contributed by atoms with Gasteiger partial charge in [-0.2, -0.15) is 0 Å². The lowest BCUT2D eigenvalue weighted by molar-refractivity contribution is -0.136. The first-order valence-electron chi connectivity index (χ1n) is 5.97. The van der Waals surface area contributed by atoms with Gasteiger partial charge >= 0.3 is 5.97 Å². The molecule has 1 fully saturated rings. The van der Waals surface area contributed by atoms with Crippen molar-refractivity contribution in [1.82, 2.24) is 9.88 Å². The number of oxazole rings is 1. The Labute approximate surface area is 100 Å². The van der Waals surface area contributed by atoms with E-state index >= 15 is 0 Å². The minimum absolute atomic E-state index is 0.0586. The quantitative estimate of drug-likeness (QED) is 0.853. The molecule has 2 heterocycles. The van der Waals surface area contributed by atoms with Crippen LogP contribution in [0, 0.1) is 5.92 Å². The number of aliphatic carboxylic acids is 1. The SMILES string of the molecule is CN1CCC(Cc2nc(CC(=O)O)co2)CC1. The molecule has 1 aliphatic rings. The third-order valence-corrected chi connectivity index (χ3v) is 3.23. The van der Waals surface area contributed by atoms with Gasteiger partial charge in [0.25, 0.3) is 0 Å². The molecule has 94 valence electrons. The number of piperidine rings is 1. The molecule has 5 heteroatoms. The van der Waals surface area contributed by atoms with Crippen molar-refractivity contribution in [1.29, 1.82) is 0 Å². The summed E-state index contributed by atoms with van der Waals surface area (Å²) in [6, 6.07) is 0. The lowest BCUT2D eigenvalue weighted by Gasteiger charge is -2.28. The molecule has 0 aliphatic carbocycles. The fourth-order valence-corrected chi connectivity index (χ4v) is 2.19. The first-order chi connectivity index (χ1) is 8.13. The van der Waals surface area contributed by atoms with Gasteiger partial charge in [0.15, 0.2) is 5.89 Å². The van der Waals surface area contributed by atoms with Gasteiger partial charge in [0.05, 0.1) is 12.1 Å². The van der Waals surface area contributed by atoms with Crippen LogP contribution in [0.2, 0.25) is 0 Å². The largest absolute Gasteiger partial charge is 0.481 e. The van der Waals surface area contributed by atoms with E-state index in [9.17, 15) is 4.79 Å². The van der Waals surface area contributed by atoms with Crippen LogP contribution < -0.4 is 0 Å². The lowest BCUT2D eigenvalue weighted by Crippen LogP contribution is -2.31. The summed E-state index contributed by atoms with van der Waals surface area (Å²) in [6.07, 6.45) is 4.54. The molecule has 17 heavy (non-hydrogen) atoms. The molecule has 0 saturated carbocycles. The Bertz CT molecular complexity index is 381. The summed E-state index contributed by atoms with van der Waals surface area (Å²) < 4.78 is 5.31. The van der Waals surface area contributed by atoms with E-state index < -0.39 is 5.97 Å². The normalized spacial score (nSPS) is 18.4. The number of hydrogen-bond donors (Lipinski definition) is 1. The van der Waals surface area contributed by atoms with Crippen molar-refractivity contribution in [2.45, 2.75) is 25.7 Å². The van der Waals surface area contributed by atoms with Crippen LogP contribution in [0.4, 0.5) is 0 Å². The van der Waals surface area contributed by atoms with Crippen molar-refractivity contribution in [3.8, 4) is 0 Å².